The summed E-state index contributed by atoms with van der Waals surface area (Å²) in [5, 5.41) is 0. The maximum Gasteiger partial charge on any atom is 0.114 e. The second-order valence-corrected chi connectivity index (χ2v) is 3.15. The molecule has 0 N–H and O–H groups in total. The molecule has 1 heteroatoms. The summed E-state index contributed by atoms with van der Waals surface area (Å²) >= 11 is 0. The molecule has 0 aromatic rings. The third-order valence-corrected chi connectivity index (χ3v) is 2.59. The van der Waals surface area contributed by atoms with Gasteiger partial charge in [-0.25, -0.2) is 0 Å². The molecule has 0 amide bonds. The van der Waals surface area contributed by atoms with Crippen LogP contribution in [0.1, 0.15) is 6.92 Å². The lowest BCUT2D eigenvalue weighted by atomic mass is 10.2. The van der Waals surface area contributed by atoms with Crippen molar-refractivity contribution >= 4 is 0 Å². The Hall–Kier alpha value is -0.720. The number of hydrogen-bond donors (Lipinski definition) is 0. The maximum atomic E-state index is 5.11. The molecule has 0 aromatic carbocycles. The maximum absolute atomic E-state index is 5.11. The lowest BCUT2D eigenvalue weighted by Gasteiger charge is -2.02. The third kappa shape index (κ3) is 0.698. The minimum absolute atomic E-state index is 0.778. The first-order valence-corrected chi connectivity index (χ1v) is 3.77. The van der Waals surface area contributed by atoms with Crippen LogP contribution in [0, 0.1) is 17.8 Å². The summed E-state index contributed by atoms with van der Waals surface area (Å²) in [6.45, 7) is 2.29. The number of hydrogen-bond acceptors (Lipinski definition) is 1. The monoisotopic (exact) mass is 136 g/mol. The molecule has 1 fully saturated rings. The summed E-state index contributed by atoms with van der Waals surface area (Å²) in [5.74, 6) is 3.48. The van der Waals surface area contributed by atoms with Crippen molar-refractivity contribution in [1.29, 1.82) is 0 Å². The molecule has 2 aliphatic rings. The molecule has 0 heterocycles. The van der Waals surface area contributed by atoms with Gasteiger partial charge in [0.05, 0.1) is 7.11 Å². The van der Waals surface area contributed by atoms with Crippen molar-refractivity contribution in [2.24, 2.45) is 17.8 Å². The minimum Gasteiger partial charge on any atom is -0.497 e. The summed E-state index contributed by atoms with van der Waals surface area (Å²) < 4.78 is 5.11. The highest BCUT2D eigenvalue weighted by atomic mass is 16.5. The van der Waals surface area contributed by atoms with Crippen LogP contribution in [0.25, 0.3) is 0 Å². The van der Waals surface area contributed by atoms with Crippen LogP contribution in [0.5, 0.6) is 0 Å². The quantitative estimate of drug-likeness (QED) is 0.535. The number of methoxy groups -OCH3 is 1. The van der Waals surface area contributed by atoms with Crippen molar-refractivity contribution in [3.63, 3.8) is 0 Å². The average molecular weight is 136 g/mol. The minimum atomic E-state index is 0.778. The fourth-order valence-corrected chi connectivity index (χ4v) is 1.68. The van der Waals surface area contributed by atoms with Crippen LogP contribution >= 0.6 is 0 Å². The van der Waals surface area contributed by atoms with E-state index in [9.17, 15) is 0 Å². The van der Waals surface area contributed by atoms with Crippen LogP contribution in [-0.4, -0.2) is 7.11 Å². The van der Waals surface area contributed by atoms with Gasteiger partial charge < -0.3 is 4.74 Å². The van der Waals surface area contributed by atoms with Crippen molar-refractivity contribution in [2.75, 3.05) is 7.11 Å². The fourth-order valence-electron chi connectivity index (χ4n) is 1.68. The highest BCUT2D eigenvalue weighted by Gasteiger charge is 2.44. The number of allylic oxidation sites excluding steroid dienone is 3. The van der Waals surface area contributed by atoms with E-state index in [2.05, 4.69) is 25.2 Å². The van der Waals surface area contributed by atoms with Crippen LogP contribution in [0.4, 0.5) is 0 Å². The molecule has 0 aliphatic heterocycles. The van der Waals surface area contributed by atoms with Gasteiger partial charge in [0.25, 0.3) is 0 Å². The van der Waals surface area contributed by atoms with Crippen LogP contribution in [-0.2, 0) is 4.74 Å². The van der Waals surface area contributed by atoms with Gasteiger partial charge >= 0.3 is 0 Å². The molecule has 3 unspecified atom stereocenters. The van der Waals surface area contributed by atoms with Gasteiger partial charge in [0.1, 0.15) is 5.76 Å². The van der Waals surface area contributed by atoms with Crippen molar-refractivity contribution in [1.82, 2.24) is 0 Å². The Morgan fingerprint density at radius 3 is 2.80 bits per heavy atom. The zero-order chi connectivity index (χ0) is 7.14. The van der Waals surface area contributed by atoms with Gasteiger partial charge in [-0.15, -0.1) is 0 Å². The van der Waals surface area contributed by atoms with Gasteiger partial charge in [-0.1, -0.05) is 13.0 Å². The zero-order valence-electron chi connectivity index (χ0n) is 6.37. The van der Waals surface area contributed by atoms with Gasteiger partial charge in [0.15, 0.2) is 0 Å². The van der Waals surface area contributed by atoms with Crippen LogP contribution in [0.3, 0.4) is 0 Å². The molecule has 0 aromatic heterocycles. The fraction of sp³-hybridized carbons (Fsp3) is 0.556. The van der Waals surface area contributed by atoms with Gasteiger partial charge in [-0.2, -0.15) is 0 Å². The van der Waals surface area contributed by atoms with E-state index in [0.29, 0.717) is 0 Å². The summed E-state index contributed by atoms with van der Waals surface area (Å²) in [5.41, 5.74) is 0. The van der Waals surface area contributed by atoms with Gasteiger partial charge in [0.2, 0.25) is 0 Å². The first-order chi connectivity index (χ1) is 4.83. The Morgan fingerprint density at radius 1 is 1.40 bits per heavy atom. The Morgan fingerprint density at radius 2 is 2.20 bits per heavy atom. The third-order valence-electron chi connectivity index (χ3n) is 2.59. The van der Waals surface area contributed by atoms with E-state index in [4.69, 9.17) is 4.74 Å². The summed E-state index contributed by atoms with van der Waals surface area (Å²) in [6.07, 6.45) is 6.56. The topological polar surface area (TPSA) is 9.23 Å². The lowest BCUT2D eigenvalue weighted by Crippen LogP contribution is -1.88. The number of rotatable bonds is 1. The molecule has 3 atom stereocenters. The van der Waals surface area contributed by atoms with Crippen LogP contribution in [0.2, 0.25) is 0 Å². The first-order valence-electron chi connectivity index (χ1n) is 3.77. The molecule has 0 bridgehead atoms. The van der Waals surface area contributed by atoms with E-state index in [1.807, 2.05) is 0 Å². The van der Waals surface area contributed by atoms with E-state index in [0.717, 1.165) is 23.5 Å². The average Bonchev–Trinajstić information content (AvgIpc) is 2.62. The Balaban J connectivity index is 2.15. The standard InChI is InChI=1S/C9H12O/c1-6-8-4-3-7(10-2)5-9(6)8/h3-6,8-9H,1-2H3. The highest BCUT2D eigenvalue weighted by Crippen LogP contribution is 2.50. The molecule has 0 saturated heterocycles. The van der Waals surface area contributed by atoms with Crippen molar-refractivity contribution in [3.05, 3.63) is 24.0 Å². The van der Waals surface area contributed by atoms with Crippen molar-refractivity contribution < 1.29 is 4.74 Å². The Kier molecular flexibility index (Phi) is 1.13. The molecule has 1 nitrogen and oxygen atoms in total. The lowest BCUT2D eigenvalue weighted by molar-refractivity contribution is 0.303. The number of fused-ring (bicyclic) bond motifs is 1. The van der Waals surface area contributed by atoms with Gasteiger partial charge in [-0.3, -0.25) is 0 Å². The van der Waals surface area contributed by atoms with E-state index >= 15 is 0 Å². The second kappa shape index (κ2) is 1.88. The molecule has 0 radical (unpaired) electrons. The molecular weight excluding hydrogens is 124 g/mol. The van der Waals surface area contributed by atoms with E-state index in [1.54, 1.807) is 7.11 Å². The van der Waals surface area contributed by atoms with Crippen LogP contribution in [0.15, 0.2) is 24.0 Å². The Bertz CT molecular complexity index is 203. The molecule has 54 valence electrons. The van der Waals surface area contributed by atoms with Gasteiger partial charge in [-0.05, 0) is 29.9 Å². The van der Waals surface area contributed by atoms with Crippen LogP contribution < -0.4 is 0 Å². The number of ether oxygens (including phenoxy) is 1. The smallest absolute Gasteiger partial charge is 0.114 e. The predicted molar refractivity (Wildman–Crippen MR) is 40.4 cm³/mol. The second-order valence-electron chi connectivity index (χ2n) is 3.15. The largest absolute Gasteiger partial charge is 0.497 e. The molecule has 1 saturated carbocycles. The highest BCUT2D eigenvalue weighted by molar-refractivity contribution is 5.28. The molecule has 2 rings (SSSR count). The summed E-state index contributed by atoms with van der Waals surface area (Å²) in [6, 6.07) is 0. The SMILES string of the molecule is COC1=CC2C(C)C2C=C1. The van der Waals surface area contributed by atoms with E-state index in [-0.39, 0.29) is 0 Å². The summed E-state index contributed by atoms with van der Waals surface area (Å²) in [4.78, 5) is 0. The van der Waals surface area contributed by atoms with E-state index in [1.165, 1.54) is 0 Å². The summed E-state index contributed by atoms with van der Waals surface area (Å²) in [7, 11) is 1.73. The zero-order valence-corrected chi connectivity index (χ0v) is 6.37. The first kappa shape index (κ1) is 6.02. The molecule has 0 spiro atoms. The molecule has 2 aliphatic carbocycles. The van der Waals surface area contributed by atoms with Crippen molar-refractivity contribution in [3.8, 4) is 0 Å². The van der Waals surface area contributed by atoms with Gasteiger partial charge in [0, 0.05) is 0 Å². The molecular formula is C9H12O. The van der Waals surface area contributed by atoms with E-state index < -0.39 is 0 Å². The van der Waals surface area contributed by atoms with Crippen molar-refractivity contribution in [2.45, 2.75) is 6.92 Å². The predicted octanol–water partition coefficient (Wildman–Crippen LogP) is 1.97. The molecule has 10 heavy (non-hydrogen) atoms. The normalized spacial score (nSPS) is 42.2. The Labute approximate surface area is 61.4 Å².